The fourth-order valence-corrected chi connectivity index (χ4v) is 4.31. The predicted molar refractivity (Wildman–Crippen MR) is 105 cm³/mol. The van der Waals surface area contributed by atoms with E-state index in [1.165, 1.54) is 11.3 Å². The zero-order chi connectivity index (χ0) is 20.3. The molecule has 1 aromatic carbocycles. The number of thiophene rings is 1. The van der Waals surface area contributed by atoms with Crippen LogP contribution in [0.2, 0.25) is 0 Å². The van der Waals surface area contributed by atoms with Crippen LogP contribution in [0.1, 0.15) is 17.5 Å². The first kappa shape index (κ1) is 20.4. The van der Waals surface area contributed by atoms with Gasteiger partial charge in [-0.2, -0.15) is 17.8 Å². The summed E-state index contributed by atoms with van der Waals surface area (Å²) in [6.45, 7) is 1.77. The molecule has 0 bridgehead atoms. The van der Waals surface area contributed by atoms with Crippen LogP contribution in [0.5, 0.6) is 0 Å². The van der Waals surface area contributed by atoms with Gasteiger partial charge in [0.05, 0.1) is 18.4 Å². The van der Waals surface area contributed by atoms with Crippen molar-refractivity contribution in [3.63, 3.8) is 0 Å². The number of rotatable bonds is 6. The Bertz CT molecular complexity index is 1050. The number of aryl methyl sites for hydroxylation is 1. The van der Waals surface area contributed by atoms with Gasteiger partial charge in [0.2, 0.25) is 5.91 Å². The standard InChI is InChI=1S/C18H16F3N3O2S2/c1-11-10-28-15-14(11)22-17(27-8-7-18(19,20)21)24(16(15)26)23-13(25)9-12-5-3-2-4-6-12/h2-6,10H,7-9H2,1H3,(H,23,25). The van der Waals surface area contributed by atoms with Crippen LogP contribution in [-0.4, -0.2) is 27.5 Å². The maximum atomic E-state index is 12.8. The van der Waals surface area contributed by atoms with Gasteiger partial charge in [0, 0.05) is 5.75 Å². The molecule has 3 aromatic rings. The minimum Gasteiger partial charge on any atom is -0.273 e. The highest BCUT2D eigenvalue weighted by atomic mass is 32.2. The van der Waals surface area contributed by atoms with E-state index in [4.69, 9.17) is 0 Å². The predicted octanol–water partition coefficient (Wildman–Crippen LogP) is 4.12. The van der Waals surface area contributed by atoms with Gasteiger partial charge in [-0.1, -0.05) is 42.1 Å². The Morgan fingerprint density at radius 3 is 2.68 bits per heavy atom. The van der Waals surface area contributed by atoms with Crippen LogP contribution in [0.3, 0.4) is 0 Å². The molecule has 0 unspecified atom stereocenters. The molecule has 28 heavy (non-hydrogen) atoms. The van der Waals surface area contributed by atoms with Crippen molar-refractivity contribution >= 4 is 39.2 Å². The number of nitrogens with zero attached hydrogens (tertiary/aromatic N) is 2. The quantitative estimate of drug-likeness (QED) is 0.475. The molecule has 0 aliphatic heterocycles. The van der Waals surface area contributed by atoms with Crippen LogP contribution < -0.4 is 11.0 Å². The van der Waals surface area contributed by atoms with Crippen molar-refractivity contribution in [1.82, 2.24) is 9.66 Å². The second kappa shape index (κ2) is 8.36. The van der Waals surface area contributed by atoms with E-state index in [1.807, 2.05) is 6.07 Å². The summed E-state index contributed by atoms with van der Waals surface area (Å²) in [5.74, 6) is -0.764. The molecule has 0 spiro atoms. The number of carbonyl (C=O) groups excluding carboxylic acids is 1. The van der Waals surface area contributed by atoms with Crippen molar-refractivity contribution < 1.29 is 18.0 Å². The average molecular weight is 427 g/mol. The highest BCUT2D eigenvalue weighted by Crippen LogP contribution is 2.27. The fraction of sp³-hybridized carbons (Fsp3) is 0.278. The van der Waals surface area contributed by atoms with Crippen molar-refractivity contribution in [2.75, 3.05) is 11.2 Å². The van der Waals surface area contributed by atoms with Gasteiger partial charge in [-0.15, -0.1) is 11.3 Å². The van der Waals surface area contributed by atoms with Crippen molar-refractivity contribution in [3.8, 4) is 0 Å². The first-order valence-corrected chi connectivity index (χ1v) is 10.2. The van der Waals surface area contributed by atoms with E-state index in [0.29, 0.717) is 10.2 Å². The third kappa shape index (κ3) is 4.93. The Labute approximate surface area is 166 Å². The van der Waals surface area contributed by atoms with Gasteiger partial charge in [-0.25, -0.2) is 4.98 Å². The summed E-state index contributed by atoms with van der Waals surface area (Å²) >= 11 is 1.97. The molecular formula is C18H16F3N3O2S2. The summed E-state index contributed by atoms with van der Waals surface area (Å²) in [4.78, 5) is 29.5. The van der Waals surface area contributed by atoms with Crippen molar-refractivity contribution in [1.29, 1.82) is 0 Å². The lowest BCUT2D eigenvalue weighted by atomic mass is 10.1. The van der Waals surface area contributed by atoms with E-state index < -0.39 is 24.1 Å². The SMILES string of the molecule is Cc1csc2c(=O)n(NC(=O)Cc3ccccc3)c(SCCC(F)(F)F)nc12. The lowest BCUT2D eigenvalue weighted by molar-refractivity contribution is -0.129. The van der Waals surface area contributed by atoms with Gasteiger partial charge in [0.25, 0.3) is 5.56 Å². The number of aromatic nitrogens is 2. The third-order valence-electron chi connectivity index (χ3n) is 3.80. The zero-order valence-electron chi connectivity index (χ0n) is 14.7. The highest BCUT2D eigenvalue weighted by Gasteiger charge is 2.27. The topological polar surface area (TPSA) is 64.0 Å². The average Bonchev–Trinajstić information content (AvgIpc) is 2.99. The molecule has 0 radical (unpaired) electrons. The fourth-order valence-electron chi connectivity index (χ4n) is 2.46. The number of benzene rings is 1. The van der Waals surface area contributed by atoms with Gasteiger partial charge in [-0.05, 0) is 23.4 Å². The molecule has 2 heterocycles. The number of nitrogens with one attached hydrogen (secondary N) is 1. The van der Waals surface area contributed by atoms with E-state index in [1.54, 1.807) is 36.6 Å². The maximum absolute atomic E-state index is 12.8. The zero-order valence-corrected chi connectivity index (χ0v) is 16.4. The summed E-state index contributed by atoms with van der Waals surface area (Å²) in [5.41, 5.74) is 3.94. The lowest BCUT2D eigenvalue weighted by Crippen LogP contribution is -2.35. The van der Waals surface area contributed by atoms with Crippen molar-refractivity contribution in [2.45, 2.75) is 31.1 Å². The summed E-state index contributed by atoms with van der Waals surface area (Å²) in [7, 11) is 0. The monoisotopic (exact) mass is 427 g/mol. The van der Waals surface area contributed by atoms with E-state index in [0.717, 1.165) is 27.6 Å². The number of alkyl halides is 3. The van der Waals surface area contributed by atoms with Crippen LogP contribution >= 0.6 is 23.1 Å². The summed E-state index contributed by atoms with van der Waals surface area (Å²) < 4.78 is 38.8. The maximum Gasteiger partial charge on any atom is 0.389 e. The number of hydrogen-bond acceptors (Lipinski definition) is 5. The normalized spacial score (nSPS) is 11.7. The van der Waals surface area contributed by atoms with Gasteiger partial charge in [0.15, 0.2) is 5.16 Å². The summed E-state index contributed by atoms with van der Waals surface area (Å²) in [5, 5.41) is 1.78. The molecule has 148 valence electrons. The van der Waals surface area contributed by atoms with E-state index >= 15 is 0 Å². The Hall–Kier alpha value is -2.33. The van der Waals surface area contributed by atoms with E-state index in [9.17, 15) is 22.8 Å². The first-order valence-electron chi connectivity index (χ1n) is 8.29. The smallest absolute Gasteiger partial charge is 0.273 e. The number of amides is 1. The molecule has 0 saturated carbocycles. The molecule has 5 nitrogen and oxygen atoms in total. The molecule has 0 fully saturated rings. The Morgan fingerprint density at radius 2 is 2.00 bits per heavy atom. The summed E-state index contributed by atoms with van der Waals surface area (Å²) in [6.07, 6.45) is -5.30. The van der Waals surface area contributed by atoms with Crippen LogP contribution in [0.15, 0.2) is 45.7 Å². The number of hydrogen-bond donors (Lipinski definition) is 1. The van der Waals surface area contributed by atoms with Crippen LogP contribution in [0.25, 0.3) is 10.2 Å². The molecule has 0 saturated heterocycles. The molecule has 3 rings (SSSR count). The van der Waals surface area contributed by atoms with Crippen LogP contribution in [-0.2, 0) is 11.2 Å². The molecule has 0 aliphatic rings. The van der Waals surface area contributed by atoms with Crippen molar-refractivity contribution in [3.05, 3.63) is 57.2 Å². The minimum absolute atomic E-state index is 0.0292. The Balaban J connectivity index is 1.89. The van der Waals surface area contributed by atoms with Crippen LogP contribution in [0.4, 0.5) is 13.2 Å². The molecule has 1 N–H and O–H groups in total. The van der Waals surface area contributed by atoms with Crippen molar-refractivity contribution in [2.24, 2.45) is 0 Å². The summed E-state index contributed by atoms with van der Waals surface area (Å²) in [6, 6.07) is 8.93. The van der Waals surface area contributed by atoms with E-state index in [2.05, 4.69) is 10.4 Å². The third-order valence-corrected chi connectivity index (χ3v) is 5.81. The molecule has 0 atom stereocenters. The molecule has 0 aliphatic carbocycles. The van der Waals surface area contributed by atoms with Gasteiger partial charge in [0.1, 0.15) is 4.70 Å². The lowest BCUT2D eigenvalue weighted by Gasteiger charge is -2.13. The Morgan fingerprint density at radius 1 is 1.29 bits per heavy atom. The van der Waals surface area contributed by atoms with Gasteiger partial charge < -0.3 is 0 Å². The number of halogens is 3. The van der Waals surface area contributed by atoms with Crippen LogP contribution in [0, 0.1) is 6.92 Å². The number of thioether (sulfide) groups is 1. The second-order valence-corrected chi connectivity index (χ2v) is 7.98. The van der Waals surface area contributed by atoms with E-state index in [-0.39, 0.29) is 17.3 Å². The number of fused-ring (bicyclic) bond motifs is 1. The highest BCUT2D eigenvalue weighted by molar-refractivity contribution is 7.99. The van der Waals surface area contributed by atoms with Gasteiger partial charge in [-0.3, -0.25) is 15.0 Å². The second-order valence-electron chi connectivity index (χ2n) is 6.04. The van der Waals surface area contributed by atoms with Gasteiger partial charge >= 0.3 is 6.18 Å². The minimum atomic E-state index is -4.31. The number of carbonyl (C=O) groups is 1. The molecule has 1 amide bonds. The Kier molecular flexibility index (Phi) is 6.09. The molecule has 10 heteroatoms. The first-order chi connectivity index (χ1) is 13.2. The molecule has 2 aromatic heterocycles. The molecular weight excluding hydrogens is 411 g/mol. The largest absolute Gasteiger partial charge is 0.389 e.